The van der Waals surface area contributed by atoms with E-state index >= 15 is 0 Å². The summed E-state index contributed by atoms with van der Waals surface area (Å²) >= 11 is 1.46. The zero-order chi connectivity index (χ0) is 12.1. The summed E-state index contributed by atoms with van der Waals surface area (Å²) in [5.74, 6) is 0.183. The third-order valence-electron chi connectivity index (χ3n) is 2.61. The molecule has 1 atom stereocenters. The first-order valence-electron chi connectivity index (χ1n) is 5.69. The van der Waals surface area contributed by atoms with Crippen LogP contribution in [0.5, 0.6) is 0 Å². The van der Waals surface area contributed by atoms with E-state index in [9.17, 15) is 4.79 Å². The second kappa shape index (κ2) is 5.97. The molecule has 1 saturated heterocycles. The zero-order valence-electron chi connectivity index (χ0n) is 9.80. The highest BCUT2D eigenvalue weighted by Crippen LogP contribution is 2.21. The number of hydrogen-bond donors (Lipinski definition) is 1. The summed E-state index contributed by atoms with van der Waals surface area (Å²) in [5.41, 5.74) is 0. The summed E-state index contributed by atoms with van der Waals surface area (Å²) in [7, 11) is 0. The van der Waals surface area contributed by atoms with E-state index in [0.717, 1.165) is 31.2 Å². The van der Waals surface area contributed by atoms with Crippen LogP contribution in [-0.4, -0.2) is 52.2 Å². The minimum atomic E-state index is -0.107. The summed E-state index contributed by atoms with van der Waals surface area (Å²) in [4.78, 5) is 22.2. The highest BCUT2D eigenvalue weighted by Gasteiger charge is 2.22. The van der Waals surface area contributed by atoms with Gasteiger partial charge in [-0.3, -0.25) is 9.78 Å². The Morgan fingerprint density at radius 3 is 2.88 bits per heavy atom. The minimum Gasteiger partial charge on any atom is -0.339 e. The van der Waals surface area contributed by atoms with Crippen LogP contribution in [0.2, 0.25) is 0 Å². The lowest BCUT2D eigenvalue weighted by Gasteiger charge is -2.29. The second-order valence-electron chi connectivity index (χ2n) is 3.88. The van der Waals surface area contributed by atoms with Gasteiger partial charge >= 0.3 is 0 Å². The van der Waals surface area contributed by atoms with Crippen molar-refractivity contribution in [3.05, 3.63) is 18.6 Å². The van der Waals surface area contributed by atoms with Gasteiger partial charge in [0.05, 0.1) is 11.4 Å². The van der Waals surface area contributed by atoms with Gasteiger partial charge in [-0.25, -0.2) is 4.98 Å². The van der Waals surface area contributed by atoms with Crippen LogP contribution in [0, 0.1) is 0 Å². The highest BCUT2D eigenvalue weighted by atomic mass is 32.2. The summed E-state index contributed by atoms with van der Waals surface area (Å²) in [6.07, 6.45) is 4.96. The number of carbonyl (C=O) groups excluding carboxylic acids is 1. The smallest absolute Gasteiger partial charge is 0.235 e. The van der Waals surface area contributed by atoms with E-state index in [4.69, 9.17) is 0 Å². The molecule has 1 unspecified atom stereocenters. The number of hydrogen-bond acceptors (Lipinski definition) is 5. The fraction of sp³-hybridized carbons (Fsp3) is 0.545. The molecule has 1 aromatic heterocycles. The van der Waals surface area contributed by atoms with Gasteiger partial charge in [-0.15, -0.1) is 0 Å². The topological polar surface area (TPSA) is 58.1 Å². The van der Waals surface area contributed by atoms with Gasteiger partial charge in [-0.1, -0.05) is 11.8 Å². The Labute approximate surface area is 105 Å². The van der Waals surface area contributed by atoms with Gasteiger partial charge in [0, 0.05) is 38.6 Å². The van der Waals surface area contributed by atoms with E-state index in [1.54, 1.807) is 18.6 Å². The number of nitrogens with one attached hydrogen (secondary N) is 1. The molecular formula is C11H16N4OS. The van der Waals surface area contributed by atoms with Crippen molar-refractivity contribution in [2.24, 2.45) is 0 Å². The van der Waals surface area contributed by atoms with Crippen molar-refractivity contribution in [3.8, 4) is 0 Å². The molecular weight excluding hydrogens is 236 g/mol. The largest absolute Gasteiger partial charge is 0.339 e. The summed E-state index contributed by atoms with van der Waals surface area (Å²) in [6.45, 7) is 5.28. The number of amides is 1. The predicted molar refractivity (Wildman–Crippen MR) is 66.8 cm³/mol. The molecule has 1 amide bonds. The van der Waals surface area contributed by atoms with Crippen molar-refractivity contribution in [2.75, 3.05) is 26.2 Å². The average Bonchev–Trinajstić information content (AvgIpc) is 2.40. The maximum absolute atomic E-state index is 12.1. The summed E-state index contributed by atoms with van der Waals surface area (Å²) in [5, 5.41) is 3.92. The molecule has 92 valence electrons. The van der Waals surface area contributed by atoms with E-state index in [2.05, 4.69) is 15.3 Å². The fourth-order valence-corrected chi connectivity index (χ4v) is 2.58. The molecule has 0 spiro atoms. The van der Waals surface area contributed by atoms with Crippen LogP contribution in [0.25, 0.3) is 0 Å². The van der Waals surface area contributed by atoms with Crippen LogP contribution in [0.4, 0.5) is 0 Å². The molecule has 1 fully saturated rings. The van der Waals surface area contributed by atoms with Gasteiger partial charge in [-0.2, -0.15) is 0 Å². The van der Waals surface area contributed by atoms with E-state index in [1.807, 2.05) is 11.8 Å². The van der Waals surface area contributed by atoms with Crippen LogP contribution in [0.15, 0.2) is 23.6 Å². The van der Waals surface area contributed by atoms with E-state index < -0.39 is 0 Å². The van der Waals surface area contributed by atoms with Crippen molar-refractivity contribution in [2.45, 2.75) is 17.2 Å². The molecule has 0 bridgehead atoms. The van der Waals surface area contributed by atoms with Crippen molar-refractivity contribution >= 4 is 17.7 Å². The predicted octanol–water partition coefficient (Wildman–Crippen LogP) is 0.389. The second-order valence-corrected chi connectivity index (χ2v) is 5.24. The quantitative estimate of drug-likeness (QED) is 0.789. The molecule has 0 aromatic carbocycles. The maximum Gasteiger partial charge on any atom is 0.235 e. The third kappa shape index (κ3) is 3.41. The lowest BCUT2D eigenvalue weighted by atomic mass is 10.3. The van der Waals surface area contributed by atoms with Crippen LogP contribution < -0.4 is 5.32 Å². The number of piperazine rings is 1. The fourth-order valence-electron chi connectivity index (χ4n) is 1.72. The monoisotopic (exact) mass is 252 g/mol. The SMILES string of the molecule is CC(Sc1cnccn1)C(=O)N1CCNCC1. The molecule has 0 radical (unpaired) electrons. The van der Waals surface area contributed by atoms with Crippen molar-refractivity contribution in [1.82, 2.24) is 20.2 Å². The Balaban J connectivity index is 1.90. The van der Waals surface area contributed by atoms with E-state index in [0.29, 0.717) is 0 Å². The number of aromatic nitrogens is 2. The standard InChI is InChI=1S/C11H16N4OS/c1-9(17-10-8-13-2-3-14-10)11(16)15-6-4-12-5-7-15/h2-3,8-9,12H,4-7H2,1H3. The first-order valence-corrected chi connectivity index (χ1v) is 6.57. The van der Waals surface area contributed by atoms with Crippen LogP contribution in [0.1, 0.15) is 6.92 Å². The third-order valence-corrected chi connectivity index (χ3v) is 3.62. The van der Waals surface area contributed by atoms with Gasteiger partial charge < -0.3 is 10.2 Å². The molecule has 2 rings (SSSR count). The Kier molecular flexibility index (Phi) is 4.33. The molecule has 17 heavy (non-hydrogen) atoms. The molecule has 2 heterocycles. The molecule has 1 N–H and O–H groups in total. The Hall–Kier alpha value is -1.14. The lowest BCUT2D eigenvalue weighted by molar-refractivity contribution is -0.130. The number of thioether (sulfide) groups is 1. The summed E-state index contributed by atoms with van der Waals surface area (Å²) < 4.78 is 0. The summed E-state index contributed by atoms with van der Waals surface area (Å²) in [6, 6.07) is 0. The number of rotatable bonds is 3. The van der Waals surface area contributed by atoms with Gasteiger partial charge in [0.2, 0.25) is 5.91 Å². The van der Waals surface area contributed by atoms with Crippen molar-refractivity contribution < 1.29 is 4.79 Å². The molecule has 1 aromatic rings. The van der Waals surface area contributed by atoms with Gasteiger partial charge in [0.1, 0.15) is 5.03 Å². The molecule has 5 nitrogen and oxygen atoms in total. The van der Waals surface area contributed by atoms with Gasteiger partial charge in [0.25, 0.3) is 0 Å². The molecule has 6 heteroatoms. The molecule has 1 aliphatic heterocycles. The van der Waals surface area contributed by atoms with Crippen LogP contribution in [0.3, 0.4) is 0 Å². The van der Waals surface area contributed by atoms with E-state index in [1.165, 1.54) is 11.8 Å². The highest BCUT2D eigenvalue weighted by molar-refractivity contribution is 8.00. The zero-order valence-corrected chi connectivity index (χ0v) is 10.6. The van der Waals surface area contributed by atoms with Crippen molar-refractivity contribution in [3.63, 3.8) is 0 Å². The lowest BCUT2D eigenvalue weighted by Crippen LogP contribution is -2.48. The average molecular weight is 252 g/mol. The minimum absolute atomic E-state index is 0.107. The Morgan fingerprint density at radius 1 is 1.47 bits per heavy atom. The van der Waals surface area contributed by atoms with Crippen LogP contribution >= 0.6 is 11.8 Å². The molecule has 0 saturated carbocycles. The Bertz CT molecular complexity index is 367. The number of nitrogens with zero attached hydrogens (tertiary/aromatic N) is 3. The van der Waals surface area contributed by atoms with Gasteiger partial charge in [0.15, 0.2) is 0 Å². The molecule has 0 aliphatic carbocycles. The Morgan fingerprint density at radius 2 is 2.24 bits per heavy atom. The first kappa shape index (κ1) is 12.3. The van der Waals surface area contributed by atoms with Gasteiger partial charge in [-0.05, 0) is 6.92 Å². The van der Waals surface area contributed by atoms with E-state index in [-0.39, 0.29) is 11.2 Å². The van der Waals surface area contributed by atoms with Crippen molar-refractivity contribution in [1.29, 1.82) is 0 Å². The first-order chi connectivity index (χ1) is 8.27. The number of carbonyl (C=O) groups is 1. The molecule has 1 aliphatic rings. The van der Waals surface area contributed by atoms with Crippen LogP contribution in [-0.2, 0) is 4.79 Å². The normalized spacial score (nSPS) is 17.8. The maximum atomic E-state index is 12.1.